The van der Waals surface area contributed by atoms with Crippen molar-refractivity contribution in [3.63, 3.8) is 0 Å². The fourth-order valence-corrected chi connectivity index (χ4v) is 6.95. The van der Waals surface area contributed by atoms with Gasteiger partial charge in [-0.15, -0.1) is 0 Å². The van der Waals surface area contributed by atoms with Crippen LogP contribution in [0.3, 0.4) is 0 Å². The summed E-state index contributed by atoms with van der Waals surface area (Å²) < 4.78 is 12.8. The van der Waals surface area contributed by atoms with Gasteiger partial charge in [-0.3, -0.25) is 4.98 Å². The predicted octanol–water partition coefficient (Wildman–Crippen LogP) is 6.43. The maximum atomic E-state index is 6.44. The van der Waals surface area contributed by atoms with Crippen molar-refractivity contribution in [3.8, 4) is 0 Å². The average Bonchev–Trinajstić information content (AvgIpc) is 3.62. The van der Waals surface area contributed by atoms with Gasteiger partial charge in [0.25, 0.3) is 0 Å². The second kappa shape index (κ2) is 9.72. The third-order valence-electron chi connectivity index (χ3n) is 9.03. The Labute approximate surface area is 204 Å². The molecule has 1 saturated heterocycles. The lowest BCUT2D eigenvalue weighted by atomic mass is 9.68. The fraction of sp³-hybridized carbons (Fsp3) is 0.633. The molecule has 3 atom stereocenters. The van der Waals surface area contributed by atoms with E-state index in [9.17, 15) is 0 Å². The van der Waals surface area contributed by atoms with E-state index in [2.05, 4.69) is 41.7 Å². The van der Waals surface area contributed by atoms with Crippen LogP contribution in [0.5, 0.6) is 0 Å². The molecule has 0 radical (unpaired) electrons. The fourth-order valence-electron chi connectivity index (χ4n) is 6.95. The van der Waals surface area contributed by atoms with E-state index < -0.39 is 0 Å². The Bertz CT molecular complexity index is 953. The first-order valence-electron chi connectivity index (χ1n) is 13.7. The molecular weight excluding hydrogens is 420 g/mol. The molecular formula is C30H40N2O2. The third kappa shape index (κ3) is 4.69. The molecule has 0 amide bonds. The number of fused-ring (bicyclic) bond motifs is 1. The highest BCUT2D eigenvalue weighted by Crippen LogP contribution is 2.50. The lowest BCUT2D eigenvalue weighted by molar-refractivity contribution is -0.104. The Morgan fingerprint density at radius 2 is 1.76 bits per heavy atom. The minimum absolute atomic E-state index is 0.0827. The Kier molecular flexibility index (Phi) is 6.49. The van der Waals surface area contributed by atoms with Gasteiger partial charge >= 0.3 is 0 Å². The van der Waals surface area contributed by atoms with Gasteiger partial charge in [0.1, 0.15) is 0 Å². The standard InChI is InChI=1S/C30H40N2O2/c1-2-8-25-24(7-1)26(12-13-27(25)33-21-23-10-11-23)31-19-16-29(28-9-3-6-18-32-28)17-20-34-30(22-29)14-4-5-15-30/h1-3,6-9,18,23,26-27,31H,4-5,10-17,19-22H2/t26-,27-,29+/m0/s1. The van der Waals surface area contributed by atoms with Gasteiger partial charge < -0.3 is 14.8 Å². The number of hydrogen-bond donors (Lipinski definition) is 1. The largest absolute Gasteiger partial charge is 0.375 e. The number of benzene rings is 1. The highest BCUT2D eigenvalue weighted by molar-refractivity contribution is 5.34. The minimum atomic E-state index is 0.0827. The zero-order valence-corrected chi connectivity index (χ0v) is 20.5. The number of hydrogen-bond acceptors (Lipinski definition) is 4. The molecule has 2 saturated carbocycles. The zero-order valence-electron chi connectivity index (χ0n) is 20.5. The zero-order chi connectivity index (χ0) is 22.8. The van der Waals surface area contributed by atoms with Gasteiger partial charge in [0, 0.05) is 30.0 Å². The molecule has 6 rings (SSSR count). The van der Waals surface area contributed by atoms with Crippen LogP contribution in [-0.2, 0) is 14.9 Å². The van der Waals surface area contributed by atoms with Gasteiger partial charge in [0.05, 0.1) is 18.3 Å². The van der Waals surface area contributed by atoms with Gasteiger partial charge in [-0.2, -0.15) is 0 Å². The van der Waals surface area contributed by atoms with Crippen molar-refractivity contribution in [1.29, 1.82) is 0 Å². The van der Waals surface area contributed by atoms with Crippen LogP contribution in [0.4, 0.5) is 0 Å². The highest BCUT2D eigenvalue weighted by Gasteiger charge is 2.48. The van der Waals surface area contributed by atoms with Gasteiger partial charge in [0.15, 0.2) is 0 Å². The first-order valence-corrected chi connectivity index (χ1v) is 13.7. The van der Waals surface area contributed by atoms with E-state index in [0.29, 0.717) is 6.04 Å². The second-order valence-electron chi connectivity index (χ2n) is 11.4. The van der Waals surface area contributed by atoms with Crippen LogP contribution in [0, 0.1) is 5.92 Å². The summed E-state index contributed by atoms with van der Waals surface area (Å²) in [6.07, 6.45) is 15.6. The van der Waals surface area contributed by atoms with E-state index in [1.807, 2.05) is 12.3 Å². The number of ether oxygens (including phenoxy) is 2. The van der Waals surface area contributed by atoms with E-state index >= 15 is 0 Å². The van der Waals surface area contributed by atoms with E-state index in [1.165, 1.54) is 55.3 Å². The Hall–Kier alpha value is -1.75. The van der Waals surface area contributed by atoms with E-state index in [-0.39, 0.29) is 17.1 Å². The van der Waals surface area contributed by atoms with Crippen LogP contribution >= 0.6 is 0 Å². The van der Waals surface area contributed by atoms with Crippen molar-refractivity contribution in [3.05, 3.63) is 65.5 Å². The molecule has 4 heteroatoms. The van der Waals surface area contributed by atoms with E-state index in [1.54, 1.807) is 0 Å². The van der Waals surface area contributed by atoms with E-state index in [0.717, 1.165) is 57.8 Å². The maximum absolute atomic E-state index is 6.44. The molecule has 1 aromatic carbocycles. The average molecular weight is 461 g/mol. The number of pyridine rings is 1. The van der Waals surface area contributed by atoms with Crippen molar-refractivity contribution in [2.75, 3.05) is 19.8 Å². The molecule has 1 aliphatic heterocycles. The lowest BCUT2D eigenvalue weighted by Gasteiger charge is -2.46. The van der Waals surface area contributed by atoms with Crippen LogP contribution in [0.25, 0.3) is 0 Å². The summed E-state index contributed by atoms with van der Waals surface area (Å²) in [5.41, 5.74) is 4.31. The van der Waals surface area contributed by atoms with Crippen molar-refractivity contribution < 1.29 is 9.47 Å². The topological polar surface area (TPSA) is 43.4 Å². The van der Waals surface area contributed by atoms with Gasteiger partial charge in [-0.1, -0.05) is 43.2 Å². The van der Waals surface area contributed by atoms with Crippen molar-refractivity contribution in [2.45, 2.75) is 93.8 Å². The summed E-state index contributed by atoms with van der Waals surface area (Å²) in [5.74, 6) is 0.813. The summed E-state index contributed by atoms with van der Waals surface area (Å²) in [7, 11) is 0. The summed E-state index contributed by atoms with van der Waals surface area (Å²) in [6.45, 7) is 2.82. The molecule has 3 aliphatic carbocycles. The molecule has 0 bridgehead atoms. The molecule has 4 aliphatic rings. The van der Waals surface area contributed by atoms with Crippen LogP contribution in [0.15, 0.2) is 48.7 Å². The Morgan fingerprint density at radius 1 is 0.941 bits per heavy atom. The Balaban J connectivity index is 1.16. The Morgan fingerprint density at radius 3 is 2.56 bits per heavy atom. The molecule has 1 aromatic heterocycles. The molecule has 0 unspecified atom stereocenters. The number of aromatic nitrogens is 1. The van der Waals surface area contributed by atoms with Crippen molar-refractivity contribution >= 4 is 0 Å². The summed E-state index contributed by atoms with van der Waals surface area (Å²) in [5, 5.41) is 3.97. The summed E-state index contributed by atoms with van der Waals surface area (Å²) >= 11 is 0. The molecule has 4 nitrogen and oxygen atoms in total. The lowest BCUT2D eigenvalue weighted by Crippen LogP contribution is -2.47. The highest BCUT2D eigenvalue weighted by atomic mass is 16.5. The van der Waals surface area contributed by atoms with Crippen molar-refractivity contribution in [2.24, 2.45) is 5.92 Å². The monoisotopic (exact) mass is 460 g/mol. The van der Waals surface area contributed by atoms with E-state index in [4.69, 9.17) is 14.5 Å². The molecule has 1 spiro atoms. The predicted molar refractivity (Wildman–Crippen MR) is 135 cm³/mol. The molecule has 1 N–H and O–H groups in total. The molecule has 2 heterocycles. The first kappa shape index (κ1) is 22.7. The SMILES string of the molecule is c1ccc([C@]2(CCN[C@H]3CC[C@H](OCC4CC4)c4ccccc43)CCOC3(CCCC3)C2)nc1. The number of rotatable bonds is 8. The first-order chi connectivity index (χ1) is 16.8. The van der Waals surface area contributed by atoms with Crippen LogP contribution in [0.2, 0.25) is 0 Å². The molecule has 2 aromatic rings. The summed E-state index contributed by atoms with van der Waals surface area (Å²) in [4.78, 5) is 4.88. The summed E-state index contributed by atoms with van der Waals surface area (Å²) in [6, 6.07) is 15.8. The maximum Gasteiger partial charge on any atom is 0.0829 e. The third-order valence-corrected chi connectivity index (χ3v) is 9.03. The van der Waals surface area contributed by atoms with Gasteiger partial charge in [-0.05, 0) is 93.5 Å². The van der Waals surface area contributed by atoms with Crippen LogP contribution < -0.4 is 5.32 Å². The van der Waals surface area contributed by atoms with Crippen molar-refractivity contribution in [1.82, 2.24) is 10.3 Å². The minimum Gasteiger partial charge on any atom is -0.375 e. The molecule has 182 valence electrons. The van der Waals surface area contributed by atoms with Crippen LogP contribution in [-0.4, -0.2) is 30.3 Å². The van der Waals surface area contributed by atoms with Gasteiger partial charge in [0.2, 0.25) is 0 Å². The molecule has 34 heavy (non-hydrogen) atoms. The number of nitrogens with one attached hydrogen (secondary N) is 1. The normalized spacial score (nSPS) is 30.4. The molecule has 3 fully saturated rings. The smallest absolute Gasteiger partial charge is 0.0829 e. The number of nitrogens with zero attached hydrogens (tertiary/aromatic N) is 1. The second-order valence-corrected chi connectivity index (χ2v) is 11.4. The quantitative estimate of drug-likeness (QED) is 0.493. The van der Waals surface area contributed by atoms with Gasteiger partial charge in [-0.25, -0.2) is 0 Å². The van der Waals surface area contributed by atoms with Crippen LogP contribution in [0.1, 0.15) is 99.6 Å².